The van der Waals surface area contributed by atoms with Crippen LogP contribution in [0, 0.1) is 0 Å². The van der Waals surface area contributed by atoms with Crippen LogP contribution < -0.4 is 0 Å². The van der Waals surface area contributed by atoms with Crippen LogP contribution in [0.25, 0.3) is 0 Å². The molecule has 1 aromatic carbocycles. The molecule has 7 nitrogen and oxygen atoms in total. The summed E-state index contributed by atoms with van der Waals surface area (Å²) in [5.74, 6) is -1.69. The van der Waals surface area contributed by atoms with Crippen molar-refractivity contribution in [2.24, 2.45) is 7.05 Å². The second kappa shape index (κ2) is 5.76. The summed E-state index contributed by atoms with van der Waals surface area (Å²) in [6.07, 6.45) is 2.44. The number of carboxylic acid groups (broad SMARTS) is 1. The summed E-state index contributed by atoms with van der Waals surface area (Å²) in [7, 11) is 3.08. The van der Waals surface area contributed by atoms with Gasteiger partial charge in [-0.2, -0.15) is 5.10 Å². The largest absolute Gasteiger partial charge is 0.478 e. The van der Waals surface area contributed by atoms with Crippen molar-refractivity contribution in [3.05, 3.63) is 52.8 Å². The molecular formula is C17H19N3O4. The molecule has 1 aromatic heterocycles. The molecule has 7 heteroatoms. The number of benzene rings is 1. The topological polar surface area (TPSA) is 95.7 Å². The maximum atomic E-state index is 12.7. The molecule has 0 aliphatic heterocycles. The molecule has 0 saturated carbocycles. The number of aryl methyl sites for hydroxylation is 2. The number of rotatable bonds is 4. The zero-order valence-electron chi connectivity index (χ0n) is 13.6. The Balaban J connectivity index is 1.86. The molecule has 2 aromatic rings. The molecule has 1 aliphatic rings. The molecule has 0 spiro atoms. The van der Waals surface area contributed by atoms with Gasteiger partial charge < -0.3 is 15.1 Å². The molecule has 1 atom stereocenters. The zero-order chi connectivity index (χ0) is 17.5. The van der Waals surface area contributed by atoms with Gasteiger partial charge in [0, 0.05) is 14.1 Å². The van der Waals surface area contributed by atoms with E-state index >= 15 is 0 Å². The van der Waals surface area contributed by atoms with E-state index < -0.39 is 17.5 Å². The fourth-order valence-corrected chi connectivity index (χ4v) is 3.33. The van der Waals surface area contributed by atoms with Crippen LogP contribution in [-0.4, -0.2) is 50.4 Å². The average Bonchev–Trinajstić information content (AvgIpc) is 3.08. The highest BCUT2D eigenvalue weighted by atomic mass is 16.4. The highest BCUT2D eigenvalue weighted by molar-refractivity contribution is 6.03. The number of fused-ring (bicyclic) bond motifs is 1. The smallest absolute Gasteiger partial charge is 0.339 e. The Bertz CT molecular complexity index is 814. The van der Waals surface area contributed by atoms with Gasteiger partial charge in [-0.05, 0) is 24.0 Å². The number of carboxylic acids is 1. The number of hydrogen-bond donors (Lipinski definition) is 2. The zero-order valence-corrected chi connectivity index (χ0v) is 13.6. The number of carbonyl (C=O) groups is 2. The van der Waals surface area contributed by atoms with Crippen molar-refractivity contribution in [2.45, 2.75) is 18.4 Å². The van der Waals surface area contributed by atoms with Gasteiger partial charge in [0.25, 0.3) is 5.91 Å². The minimum absolute atomic E-state index is 0.000109. The quantitative estimate of drug-likeness (QED) is 0.873. The van der Waals surface area contributed by atoms with Crippen molar-refractivity contribution in [1.29, 1.82) is 0 Å². The lowest BCUT2D eigenvalue weighted by Crippen LogP contribution is -2.41. The van der Waals surface area contributed by atoms with Gasteiger partial charge in [0.2, 0.25) is 0 Å². The molecule has 0 bridgehead atoms. The molecule has 2 N–H and O–H groups in total. The van der Waals surface area contributed by atoms with Crippen LogP contribution in [-0.2, 0) is 19.1 Å². The van der Waals surface area contributed by atoms with Gasteiger partial charge in [-0.25, -0.2) is 4.79 Å². The molecule has 0 radical (unpaired) electrons. The predicted molar refractivity (Wildman–Crippen MR) is 85.8 cm³/mol. The summed E-state index contributed by atoms with van der Waals surface area (Å²) < 4.78 is 1.24. The molecule has 1 aliphatic carbocycles. The molecule has 1 amide bonds. The van der Waals surface area contributed by atoms with Crippen molar-refractivity contribution < 1.29 is 19.8 Å². The minimum Gasteiger partial charge on any atom is -0.478 e. The molecule has 24 heavy (non-hydrogen) atoms. The normalized spacial score (nSPS) is 19.1. The maximum absolute atomic E-state index is 12.7. The van der Waals surface area contributed by atoms with E-state index in [0.717, 1.165) is 23.7 Å². The highest BCUT2D eigenvalue weighted by Crippen LogP contribution is 2.37. The monoisotopic (exact) mass is 329 g/mol. The Morgan fingerprint density at radius 2 is 2.08 bits per heavy atom. The van der Waals surface area contributed by atoms with E-state index in [4.69, 9.17) is 0 Å². The van der Waals surface area contributed by atoms with Crippen LogP contribution in [0.5, 0.6) is 0 Å². The van der Waals surface area contributed by atoms with Gasteiger partial charge in [0.1, 0.15) is 16.9 Å². The first-order valence-corrected chi connectivity index (χ1v) is 7.65. The lowest BCUT2D eigenvalue weighted by Gasteiger charge is -2.30. The number of nitrogens with zero attached hydrogens (tertiary/aromatic N) is 3. The molecule has 0 fully saturated rings. The first-order chi connectivity index (χ1) is 11.3. The lowest BCUT2D eigenvalue weighted by atomic mass is 9.95. The first kappa shape index (κ1) is 16.2. The van der Waals surface area contributed by atoms with Crippen molar-refractivity contribution in [3.63, 3.8) is 0 Å². The van der Waals surface area contributed by atoms with Gasteiger partial charge in [-0.3, -0.25) is 9.48 Å². The summed E-state index contributed by atoms with van der Waals surface area (Å²) in [5, 5.41) is 24.0. The molecule has 0 saturated heterocycles. The van der Waals surface area contributed by atoms with Gasteiger partial charge in [-0.1, -0.05) is 24.3 Å². The second-order valence-electron chi connectivity index (χ2n) is 6.19. The number of hydrogen-bond acceptors (Lipinski definition) is 4. The van der Waals surface area contributed by atoms with Crippen LogP contribution in [0.3, 0.4) is 0 Å². The number of aliphatic hydroxyl groups is 1. The third-order valence-electron chi connectivity index (χ3n) is 4.54. The van der Waals surface area contributed by atoms with E-state index in [9.17, 15) is 19.8 Å². The number of carbonyl (C=O) groups excluding carboxylic acids is 1. The van der Waals surface area contributed by atoms with E-state index in [1.165, 1.54) is 16.6 Å². The molecule has 1 unspecified atom stereocenters. The maximum Gasteiger partial charge on any atom is 0.339 e. The standard InChI is InChI=1S/C17H19N3O4/c1-19(15(21)14-12(16(22)23)9-18-20(14)2)10-17(24)8-7-11-5-3-4-6-13(11)17/h3-6,9,24H,7-8,10H2,1-2H3,(H,22,23). The number of likely N-dealkylation sites (N-methyl/N-ethyl adjacent to an activating group) is 1. The first-order valence-electron chi connectivity index (χ1n) is 7.65. The molecule has 126 valence electrons. The van der Waals surface area contributed by atoms with Crippen molar-refractivity contribution in [1.82, 2.24) is 14.7 Å². The molecule has 1 heterocycles. The van der Waals surface area contributed by atoms with Gasteiger partial charge in [-0.15, -0.1) is 0 Å². The third-order valence-corrected chi connectivity index (χ3v) is 4.54. The van der Waals surface area contributed by atoms with Gasteiger partial charge in [0.15, 0.2) is 0 Å². The van der Waals surface area contributed by atoms with Crippen LogP contribution in [0.2, 0.25) is 0 Å². The summed E-state index contributed by atoms with van der Waals surface area (Å²) in [6, 6.07) is 7.63. The van der Waals surface area contributed by atoms with E-state index in [0.29, 0.717) is 6.42 Å². The Morgan fingerprint density at radius 3 is 2.79 bits per heavy atom. The number of aromatic carboxylic acids is 1. The third kappa shape index (κ3) is 2.56. The number of amides is 1. The lowest BCUT2D eigenvalue weighted by molar-refractivity contribution is 0.00767. The average molecular weight is 329 g/mol. The SMILES string of the molecule is CN(CC1(O)CCc2ccccc21)C(=O)c1c(C(=O)O)cnn1C. The van der Waals surface area contributed by atoms with Crippen LogP contribution >= 0.6 is 0 Å². The van der Waals surface area contributed by atoms with E-state index in [1.807, 2.05) is 24.3 Å². The summed E-state index contributed by atoms with van der Waals surface area (Å²) in [6.45, 7) is 0.0904. The minimum atomic E-state index is -1.20. The summed E-state index contributed by atoms with van der Waals surface area (Å²) >= 11 is 0. The Hall–Kier alpha value is -2.67. The van der Waals surface area contributed by atoms with Gasteiger partial charge in [0.05, 0.1) is 12.7 Å². The van der Waals surface area contributed by atoms with Crippen LogP contribution in [0.1, 0.15) is 38.4 Å². The van der Waals surface area contributed by atoms with E-state index in [2.05, 4.69) is 5.10 Å². The molecular weight excluding hydrogens is 310 g/mol. The fourth-order valence-electron chi connectivity index (χ4n) is 3.33. The van der Waals surface area contributed by atoms with Crippen LogP contribution in [0.4, 0.5) is 0 Å². The highest BCUT2D eigenvalue weighted by Gasteiger charge is 2.39. The Morgan fingerprint density at radius 1 is 1.38 bits per heavy atom. The van der Waals surface area contributed by atoms with E-state index in [-0.39, 0.29) is 17.8 Å². The van der Waals surface area contributed by atoms with Crippen LogP contribution in [0.15, 0.2) is 30.5 Å². The fraction of sp³-hybridized carbons (Fsp3) is 0.353. The Kier molecular flexibility index (Phi) is 3.88. The van der Waals surface area contributed by atoms with Gasteiger partial charge >= 0.3 is 5.97 Å². The van der Waals surface area contributed by atoms with Crippen molar-refractivity contribution in [2.75, 3.05) is 13.6 Å². The Labute approximate surface area is 139 Å². The summed E-state index contributed by atoms with van der Waals surface area (Å²) in [4.78, 5) is 25.3. The molecule has 3 rings (SSSR count). The van der Waals surface area contributed by atoms with Crippen molar-refractivity contribution in [3.8, 4) is 0 Å². The number of aromatic nitrogens is 2. The van der Waals surface area contributed by atoms with Crippen molar-refractivity contribution >= 4 is 11.9 Å². The summed E-state index contributed by atoms with van der Waals surface area (Å²) in [5.41, 5.74) is 0.636. The second-order valence-corrected chi connectivity index (χ2v) is 6.19. The van der Waals surface area contributed by atoms with E-state index in [1.54, 1.807) is 7.05 Å². The predicted octanol–water partition coefficient (Wildman–Crippen LogP) is 1.02.